The smallest absolute Gasteiger partial charge is 0.247 e. The number of hydrogen-bond acceptors (Lipinski definition) is 1. The predicted molar refractivity (Wildman–Crippen MR) is 65.4 cm³/mol. The van der Waals surface area contributed by atoms with E-state index in [1.54, 1.807) is 18.3 Å². The molecular formula is C13H12N2O. The number of rotatable bonds is 0. The van der Waals surface area contributed by atoms with Crippen LogP contribution in [0.4, 0.5) is 0 Å². The highest BCUT2D eigenvalue weighted by molar-refractivity contribution is 5.78. The zero-order valence-corrected chi connectivity index (χ0v) is 8.68. The lowest BCUT2D eigenvalue weighted by Crippen LogP contribution is -1.98. The van der Waals surface area contributed by atoms with Gasteiger partial charge < -0.3 is 9.97 Å². The molecule has 0 aliphatic rings. The number of aromatic nitrogens is 2. The molecule has 16 heavy (non-hydrogen) atoms. The number of hydrogen-bond donors (Lipinski definition) is 2. The Morgan fingerprint density at radius 1 is 0.750 bits per heavy atom. The van der Waals surface area contributed by atoms with Crippen molar-refractivity contribution in [3.05, 3.63) is 71.3 Å². The molecule has 3 nitrogen and oxygen atoms in total. The molecule has 0 saturated heterocycles. The van der Waals surface area contributed by atoms with Crippen LogP contribution in [-0.4, -0.2) is 9.97 Å². The van der Waals surface area contributed by atoms with Crippen molar-refractivity contribution < 1.29 is 0 Å². The van der Waals surface area contributed by atoms with Crippen LogP contribution in [0, 0.1) is 0 Å². The van der Waals surface area contributed by atoms with Crippen molar-refractivity contribution in [2.45, 2.75) is 0 Å². The quantitative estimate of drug-likeness (QED) is 0.591. The van der Waals surface area contributed by atoms with Gasteiger partial charge in [0.15, 0.2) is 0 Å². The molecule has 0 radical (unpaired) electrons. The summed E-state index contributed by atoms with van der Waals surface area (Å²) in [5, 5.41) is 1.28. The summed E-state index contributed by atoms with van der Waals surface area (Å²) in [5.74, 6) is 0. The van der Waals surface area contributed by atoms with Crippen LogP contribution >= 0.6 is 0 Å². The second kappa shape index (κ2) is 4.98. The van der Waals surface area contributed by atoms with Crippen molar-refractivity contribution in [1.29, 1.82) is 0 Å². The Kier molecular flexibility index (Phi) is 3.18. The first-order chi connectivity index (χ1) is 7.86. The number of benzene rings is 1. The van der Waals surface area contributed by atoms with Gasteiger partial charge in [-0.3, -0.25) is 4.79 Å². The first-order valence-electron chi connectivity index (χ1n) is 5.02. The van der Waals surface area contributed by atoms with Gasteiger partial charge in [-0.25, -0.2) is 0 Å². The van der Waals surface area contributed by atoms with Crippen LogP contribution in [0.15, 0.2) is 65.7 Å². The van der Waals surface area contributed by atoms with Gasteiger partial charge in [-0.2, -0.15) is 0 Å². The Bertz CT molecular complexity index is 562. The number of para-hydroxylation sites is 1. The van der Waals surface area contributed by atoms with E-state index < -0.39 is 0 Å². The average Bonchev–Trinajstić information content (AvgIpc) is 2.79. The fourth-order valence-corrected chi connectivity index (χ4v) is 1.37. The highest BCUT2D eigenvalue weighted by atomic mass is 16.1. The van der Waals surface area contributed by atoms with Gasteiger partial charge in [-0.1, -0.05) is 24.3 Å². The van der Waals surface area contributed by atoms with Crippen molar-refractivity contribution in [3.8, 4) is 0 Å². The third-order valence-electron chi connectivity index (χ3n) is 2.14. The molecule has 1 aromatic carbocycles. The maximum atomic E-state index is 10.2. The van der Waals surface area contributed by atoms with Crippen LogP contribution in [0.2, 0.25) is 0 Å². The fraction of sp³-hybridized carbons (Fsp3) is 0. The summed E-state index contributed by atoms with van der Waals surface area (Å²) in [6.45, 7) is 0. The van der Waals surface area contributed by atoms with Crippen LogP contribution < -0.4 is 5.56 Å². The van der Waals surface area contributed by atoms with Gasteiger partial charge in [0.2, 0.25) is 5.56 Å². The molecule has 0 fully saturated rings. The van der Waals surface area contributed by atoms with E-state index in [-0.39, 0.29) is 5.56 Å². The lowest BCUT2D eigenvalue weighted by atomic mass is 10.3. The number of fused-ring (bicyclic) bond motifs is 1. The van der Waals surface area contributed by atoms with Gasteiger partial charge in [-0.05, 0) is 23.6 Å². The molecule has 0 atom stereocenters. The molecule has 0 spiro atoms. The van der Waals surface area contributed by atoms with Crippen molar-refractivity contribution in [3.63, 3.8) is 0 Å². The number of H-pyrrole nitrogens is 2. The minimum Gasteiger partial charge on any atom is -0.361 e. The van der Waals surface area contributed by atoms with Gasteiger partial charge in [0.05, 0.1) is 0 Å². The zero-order valence-electron chi connectivity index (χ0n) is 8.68. The molecule has 3 aromatic rings. The van der Waals surface area contributed by atoms with E-state index in [2.05, 4.69) is 28.2 Å². The first-order valence-corrected chi connectivity index (χ1v) is 5.02. The molecule has 80 valence electrons. The molecule has 2 aromatic heterocycles. The summed E-state index contributed by atoms with van der Waals surface area (Å²) in [5.41, 5.74) is 1.15. The molecule has 3 rings (SSSR count). The molecule has 3 heteroatoms. The second-order valence-electron chi connectivity index (χ2n) is 3.29. The zero-order chi connectivity index (χ0) is 11.2. The third-order valence-corrected chi connectivity index (χ3v) is 2.14. The maximum absolute atomic E-state index is 10.2. The summed E-state index contributed by atoms with van der Waals surface area (Å²) in [6, 6.07) is 15.2. The fourth-order valence-electron chi connectivity index (χ4n) is 1.37. The summed E-state index contributed by atoms with van der Waals surface area (Å²) in [4.78, 5) is 15.8. The lowest BCUT2D eigenvalue weighted by Gasteiger charge is -1.83. The summed E-state index contributed by atoms with van der Waals surface area (Å²) >= 11 is 0. The Morgan fingerprint density at radius 2 is 1.56 bits per heavy atom. The molecule has 0 aliphatic carbocycles. The highest BCUT2D eigenvalue weighted by Gasteiger charge is 1.86. The summed E-state index contributed by atoms with van der Waals surface area (Å²) in [7, 11) is 0. The van der Waals surface area contributed by atoms with Crippen molar-refractivity contribution in [2.75, 3.05) is 0 Å². The molecule has 0 saturated carbocycles. The van der Waals surface area contributed by atoms with Crippen molar-refractivity contribution in [1.82, 2.24) is 9.97 Å². The van der Waals surface area contributed by atoms with E-state index in [4.69, 9.17) is 0 Å². The molecule has 2 heterocycles. The normalized spacial score (nSPS) is 9.50. The first kappa shape index (κ1) is 10.2. The van der Waals surface area contributed by atoms with Crippen molar-refractivity contribution >= 4 is 10.9 Å². The molecular weight excluding hydrogens is 200 g/mol. The third kappa shape index (κ3) is 2.60. The largest absolute Gasteiger partial charge is 0.361 e. The van der Waals surface area contributed by atoms with Gasteiger partial charge in [0.1, 0.15) is 0 Å². The van der Waals surface area contributed by atoms with Gasteiger partial charge in [-0.15, -0.1) is 0 Å². The predicted octanol–water partition coefficient (Wildman–Crippen LogP) is 2.54. The molecule has 0 amide bonds. The molecule has 0 bridgehead atoms. The van der Waals surface area contributed by atoms with Crippen LogP contribution in [0.25, 0.3) is 10.9 Å². The minimum atomic E-state index is -0.0532. The number of pyridine rings is 1. The van der Waals surface area contributed by atoms with E-state index in [0.717, 1.165) is 0 Å². The van der Waals surface area contributed by atoms with Gasteiger partial charge >= 0.3 is 0 Å². The van der Waals surface area contributed by atoms with Crippen LogP contribution in [0.5, 0.6) is 0 Å². The Morgan fingerprint density at radius 3 is 2.19 bits per heavy atom. The Hall–Kier alpha value is -2.29. The number of nitrogens with one attached hydrogen (secondary N) is 2. The van der Waals surface area contributed by atoms with E-state index in [1.165, 1.54) is 17.0 Å². The van der Waals surface area contributed by atoms with Crippen molar-refractivity contribution in [2.24, 2.45) is 0 Å². The minimum absolute atomic E-state index is 0.0532. The van der Waals surface area contributed by atoms with Crippen LogP contribution in [0.1, 0.15) is 0 Å². The second-order valence-corrected chi connectivity index (χ2v) is 3.29. The standard InChI is InChI=1S/C8H7N.C5H5NO/c1-2-4-8-7(3-1)5-6-9-8;7-5-3-1-2-4-6-5/h1-6,9H;1-4H,(H,6,7). The Labute approximate surface area is 92.8 Å². The van der Waals surface area contributed by atoms with Gasteiger partial charge in [0, 0.05) is 24.0 Å². The average molecular weight is 212 g/mol. The van der Waals surface area contributed by atoms with Gasteiger partial charge in [0.25, 0.3) is 0 Å². The topological polar surface area (TPSA) is 48.6 Å². The van der Waals surface area contributed by atoms with E-state index >= 15 is 0 Å². The Balaban J connectivity index is 0.000000125. The van der Waals surface area contributed by atoms with E-state index in [9.17, 15) is 4.79 Å². The molecule has 2 N–H and O–H groups in total. The maximum Gasteiger partial charge on any atom is 0.247 e. The summed E-state index contributed by atoms with van der Waals surface area (Å²) in [6.07, 6.45) is 3.55. The number of aromatic amines is 2. The summed E-state index contributed by atoms with van der Waals surface area (Å²) < 4.78 is 0. The lowest BCUT2D eigenvalue weighted by molar-refractivity contribution is 1.24. The molecule has 0 aliphatic heterocycles. The van der Waals surface area contributed by atoms with Crippen LogP contribution in [-0.2, 0) is 0 Å². The monoisotopic (exact) mass is 212 g/mol. The van der Waals surface area contributed by atoms with E-state index in [0.29, 0.717) is 0 Å². The van der Waals surface area contributed by atoms with E-state index in [1.807, 2.05) is 18.3 Å². The SMILES string of the molecule is O=c1cccc[nH]1.c1ccc2[nH]ccc2c1. The van der Waals surface area contributed by atoms with Crippen LogP contribution in [0.3, 0.4) is 0 Å². The molecule has 0 unspecified atom stereocenters. The highest BCUT2D eigenvalue weighted by Crippen LogP contribution is 2.09.